The predicted octanol–water partition coefficient (Wildman–Crippen LogP) is 3.45. The molecule has 0 saturated carbocycles. The maximum atomic E-state index is 13.3. The number of esters is 2. The summed E-state index contributed by atoms with van der Waals surface area (Å²) in [6.45, 7) is 6.72. The van der Waals surface area contributed by atoms with Crippen LogP contribution in [-0.2, 0) is 50.4 Å². The van der Waals surface area contributed by atoms with Gasteiger partial charge in [0, 0.05) is 18.2 Å². The maximum Gasteiger partial charge on any atom is 0.331 e. The molecule has 0 bridgehead atoms. The van der Waals surface area contributed by atoms with E-state index in [-0.39, 0.29) is 29.9 Å². The molecule has 0 radical (unpaired) electrons. The molecule has 2 saturated heterocycles. The summed E-state index contributed by atoms with van der Waals surface area (Å²) >= 11 is 0. The molecule has 1 aromatic rings. The van der Waals surface area contributed by atoms with Gasteiger partial charge in [0.1, 0.15) is 48.6 Å². The van der Waals surface area contributed by atoms with Crippen LogP contribution in [0.3, 0.4) is 0 Å². The second kappa shape index (κ2) is 24.4. The minimum absolute atomic E-state index is 0.0177. The first-order chi connectivity index (χ1) is 29.6. The van der Waals surface area contributed by atoms with Crippen LogP contribution in [0.5, 0.6) is 11.5 Å². The number of allylic oxidation sites excluding steroid dienone is 9. The Morgan fingerprint density at radius 1 is 0.887 bits per heavy atom. The van der Waals surface area contributed by atoms with Crippen molar-refractivity contribution in [3.8, 4) is 11.5 Å². The Kier molecular flexibility index (Phi) is 19.8. The van der Waals surface area contributed by atoms with Gasteiger partial charge >= 0.3 is 11.9 Å². The molecule has 0 aromatic heterocycles. The summed E-state index contributed by atoms with van der Waals surface area (Å²) in [5.74, 6) is -3.96. The maximum absolute atomic E-state index is 13.3. The number of aliphatic hydroxyl groups excluding tert-OH is 6. The number of benzene rings is 1. The van der Waals surface area contributed by atoms with Gasteiger partial charge in [0.05, 0.1) is 31.0 Å². The molecule has 3 heterocycles. The van der Waals surface area contributed by atoms with Gasteiger partial charge in [0.2, 0.25) is 5.79 Å². The molecule has 1 aromatic carbocycles. The number of hydrogen-bond acceptors (Lipinski definition) is 16. The Labute approximate surface area is 362 Å². The second-order valence-corrected chi connectivity index (χ2v) is 15.5. The molecule has 3 aliphatic rings. The van der Waals surface area contributed by atoms with Crippen molar-refractivity contribution in [3.05, 3.63) is 108 Å². The first kappa shape index (κ1) is 50.2. The van der Waals surface area contributed by atoms with Crippen molar-refractivity contribution >= 4 is 11.9 Å². The average molecular weight is 871 g/mol. The monoisotopic (exact) mass is 870 g/mol. The van der Waals surface area contributed by atoms with Gasteiger partial charge in [-0.15, -0.1) is 0 Å². The van der Waals surface area contributed by atoms with Crippen molar-refractivity contribution in [1.29, 1.82) is 0 Å². The zero-order valence-electron chi connectivity index (χ0n) is 35.5. The molecule has 2 fully saturated rings. The summed E-state index contributed by atoms with van der Waals surface area (Å²) in [5, 5.41) is 85.1. The molecule has 1 spiro atoms. The summed E-state index contributed by atoms with van der Waals surface area (Å²) < 4.78 is 34.4. The van der Waals surface area contributed by atoms with Crippen LogP contribution < -0.4 is 0 Å². The Bertz CT molecular complexity index is 1830. The van der Waals surface area contributed by atoms with Crippen molar-refractivity contribution in [2.75, 3.05) is 13.2 Å². The molecule has 62 heavy (non-hydrogen) atoms. The lowest BCUT2D eigenvalue weighted by Gasteiger charge is -2.47. The second-order valence-electron chi connectivity index (χ2n) is 15.5. The molecule has 0 aliphatic carbocycles. The highest BCUT2D eigenvalue weighted by molar-refractivity contribution is 5.82. The molecule has 16 heteroatoms. The van der Waals surface area contributed by atoms with E-state index < -0.39 is 97.9 Å². The number of phenolic OH excluding ortho intramolecular Hbond substituents is 2. The van der Waals surface area contributed by atoms with Gasteiger partial charge in [-0.3, -0.25) is 0 Å². The highest BCUT2D eigenvalue weighted by Gasteiger charge is 2.60. The lowest BCUT2D eigenvalue weighted by Crippen LogP contribution is -2.64. The number of fused-ring (bicyclic) bond motifs is 2. The van der Waals surface area contributed by atoms with E-state index in [1.165, 1.54) is 30.4 Å². The van der Waals surface area contributed by atoms with E-state index in [0.717, 1.165) is 43.1 Å². The Balaban J connectivity index is 1.45. The number of hydrogen-bond donors (Lipinski definition) is 8. The van der Waals surface area contributed by atoms with E-state index in [9.17, 15) is 50.4 Å². The van der Waals surface area contributed by atoms with Crippen LogP contribution in [0, 0.1) is 5.92 Å². The quantitative estimate of drug-likeness (QED) is 0.0531. The summed E-state index contributed by atoms with van der Waals surface area (Å²) in [4.78, 5) is 25.6. The summed E-state index contributed by atoms with van der Waals surface area (Å²) in [6, 6.07) is 2.34. The summed E-state index contributed by atoms with van der Waals surface area (Å²) in [5.41, 5.74) is 1.03. The third-order valence-corrected chi connectivity index (χ3v) is 10.8. The average Bonchev–Trinajstić information content (AvgIpc) is 3.62. The Morgan fingerprint density at radius 3 is 2.35 bits per heavy atom. The molecule has 8 N–H and O–H groups in total. The van der Waals surface area contributed by atoms with E-state index in [2.05, 4.69) is 19.9 Å². The molecule has 12 unspecified atom stereocenters. The standard InChI is InChI=1S/C46H62O16/c1-5-28(3)17-11-9-12-18-29(4)33(49)20-14-10-16-22-38(52)62-43-36(27-59-46(44(43)56)39-30(25-58-46)23-32(48)24-34(39)50)61-45-42(55)41(54)40(53)35(60-45)26-57-37(51)21-15-8-7-13-19-31(47)6-2/h7-10,12-16,18-19,21-24,28,31,33,35-36,40-45,47-50,53-56H,5-6,11,17,20,25-27H2,1-4H3/b8-7-,12-9+,14-10+,19-13+,21-15+,22-16+,29-18+. The van der Waals surface area contributed by atoms with E-state index in [1.54, 1.807) is 24.3 Å². The zero-order chi connectivity index (χ0) is 45.4. The molecule has 12 atom stereocenters. The van der Waals surface area contributed by atoms with E-state index in [1.807, 2.05) is 26.0 Å². The minimum Gasteiger partial charge on any atom is -0.508 e. The van der Waals surface area contributed by atoms with E-state index in [0.29, 0.717) is 12.3 Å². The smallest absolute Gasteiger partial charge is 0.331 e. The van der Waals surface area contributed by atoms with Gasteiger partial charge in [0.15, 0.2) is 18.5 Å². The minimum atomic E-state index is -2.10. The fourth-order valence-electron chi connectivity index (χ4n) is 6.79. The SMILES string of the molecule is CCC(O)/C=C/C=C\C=C\C(=O)OCC1OC(OC2COC3(OCc4cc(O)cc(O)c43)C(O)C2OC(=O)/C=C/C=C/CC(O)/C(C)=C/C=C/CCC(C)CC)C(O)C(O)C1O. The normalized spacial score (nSPS) is 29.7. The first-order valence-electron chi connectivity index (χ1n) is 20.9. The fraction of sp³-hybridized carbons (Fsp3) is 0.522. The van der Waals surface area contributed by atoms with Crippen LogP contribution in [0.15, 0.2) is 96.7 Å². The van der Waals surface area contributed by atoms with Crippen molar-refractivity contribution in [2.45, 2.75) is 133 Å². The summed E-state index contributed by atoms with van der Waals surface area (Å²) in [7, 11) is 0. The van der Waals surface area contributed by atoms with E-state index in [4.69, 9.17) is 28.4 Å². The fourth-order valence-corrected chi connectivity index (χ4v) is 6.79. The van der Waals surface area contributed by atoms with Gasteiger partial charge in [-0.1, -0.05) is 94.0 Å². The van der Waals surface area contributed by atoms with Crippen LogP contribution in [-0.4, -0.2) is 127 Å². The Morgan fingerprint density at radius 2 is 1.61 bits per heavy atom. The number of rotatable bonds is 20. The zero-order valence-corrected chi connectivity index (χ0v) is 35.5. The lowest BCUT2D eigenvalue weighted by atomic mass is 9.89. The molecule has 4 rings (SSSR count). The van der Waals surface area contributed by atoms with Crippen molar-refractivity contribution in [3.63, 3.8) is 0 Å². The number of carbonyl (C=O) groups excluding carboxylic acids is 2. The number of aromatic hydroxyl groups is 2. The van der Waals surface area contributed by atoms with Gasteiger partial charge in [-0.2, -0.15) is 0 Å². The topological polar surface area (TPSA) is 251 Å². The Hall–Kier alpha value is -4.46. The third-order valence-electron chi connectivity index (χ3n) is 10.8. The van der Waals surface area contributed by atoms with Gasteiger partial charge in [0.25, 0.3) is 0 Å². The van der Waals surface area contributed by atoms with Crippen LogP contribution in [0.25, 0.3) is 0 Å². The predicted molar refractivity (Wildman–Crippen MR) is 225 cm³/mol. The molecule has 16 nitrogen and oxygen atoms in total. The first-order valence-corrected chi connectivity index (χ1v) is 20.9. The van der Waals surface area contributed by atoms with Crippen LogP contribution in [0.4, 0.5) is 0 Å². The summed E-state index contributed by atoms with van der Waals surface area (Å²) in [6.07, 6.45) is 9.28. The lowest BCUT2D eigenvalue weighted by molar-refractivity contribution is -0.374. The molecule has 3 aliphatic heterocycles. The molecule has 0 amide bonds. The van der Waals surface area contributed by atoms with Crippen LogP contribution in [0.2, 0.25) is 0 Å². The highest BCUT2D eigenvalue weighted by atomic mass is 16.8. The van der Waals surface area contributed by atoms with Crippen LogP contribution in [0.1, 0.15) is 70.9 Å². The van der Waals surface area contributed by atoms with Crippen molar-refractivity contribution in [2.24, 2.45) is 5.92 Å². The molecular formula is C46H62O16. The molecular weight excluding hydrogens is 808 g/mol. The number of aliphatic hydroxyl groups is 6. The van der Waals surface area contributed by atoms with Crippen molar-refractivity contribution in [1.82, 2.24) is 0 Å². The molecule has 342 valence electrons. The van der Waals surface area contributed by atoms with E-state index >= 15 is 0 Å². The third kappa shape index (κ3) is 13.8. The van der Waals surface area contributed by atoms with Gasteiger partial charge in [-0.25, -0.2) is 9.59 Å². The van der Waals surface area contributed by atoms with Gasteiger partial charge in [-0.05, 0) is 55.7 Å². The van der Waals surface area contributed by atoms with Crippen LogP contribution >= 0.6 is 0 Å². The van der Waals surface area contributed by atoms with Gasteiger partial charge < -0.3 is 69.3 Å². The number of ether oxygens (including phenoxy) is 6. The number of phenols is 2. The number of carbonyl (C=O) groups is 2. The largest absolute Gasteiger partial charge is 0.508 e. The highest BCUT2D eigenvalue weighted by Crippen LogP contribution is 2.50. The van der Waals surface area contributed by atoms with Crippen molar-refractivity contribution < 1.29 is 78.9 Å².